The van der Waals surface area contributed by atoms with Crippen molar-refractivity contribution in [2.45, 2.75) is 25.0 Å². The molecule has 0 spiro atoms. The lowest BCUT2D eigenvalue weighted by Gasteiger charge is -2.11. The van der Waals surface area contributed by atoms with Crippen LogP contribution in [-0.2, 0) is 10.0 Å². The van der Waals surface area contributed by atoms with E-state index in [0.29, 0.717) is 9.90 Å². The van der Waals surface area contributed by atoms with Gasteiger partial charge in [0, 0.05) is 0 Å². The minimum atomic E-state index is -3.52. The maximum atomic E-state index is 12.4. The van der Waals surface area contributed by atoms with Gasteiger partial charge in [0.15, 0.2) is 0 Å². The third kappa shape index (κ3) is 3.01. The summed E-state index contributed by atoms with van der Waals surface area (Å²) in [7, 11) is -3.52. The van der Waals surface area contributed by atoms with Crippen molar-refractivity contribution in [2.75, 3.05) is 4.72 Å². The molecule has 0 unspecified atom stereocenters. The summed E-state index contributed by atoms with van der Waals surface area (Å²) >= 11 is 4.57. The zero-order valence-electron chi connectivity index (χ0n) is 10.8. The molecule has 0 aliphatic rings. The standard InChI is InChI=1S/C13H14BrNO2S2/c1-8-5-4-6-9(2)12(8)15-19(16,17)11-7-10(3)13(14)18-11/h4-7,15H,1-3H3. The van der Waals surface area contributed by atoms with Crippen LogP contribution < -0.4 is 4.72 Å². The Morgan fingerprint density at radius 3 is 2.16 bits per heavy atom. The van der Waals surface area contributed by atoms with Crippen molar-refractivity contribution >= 4 is 43.0 Å². The first-order valence-corrected chi connectivity index (χ1v) is 8.75. The van der Waals surface area contributed by atoms with Gasteiger partial charge in [0.25, 0.3) is 10.0 Å². The Hall–Kier alpha value is -0.850. The Morgan fingerprint density at radius 1 is 1.11 bits per heavy atom. The van der Waals surface area contributed by atoms with E-state index < -0.39 is 10.0 Å². The number of benzene rings is 1. The highest BCUT2D eigenvalue weighted by molar-refractivity contribution is 9.11. The van der Waals surface area contributed by atoms with Crippen molar-refractivity contribution < 1.29 is 8.42 Å². The molecule has 0 amide bonds. The van der Waals surface area contributed by atoms with Crippen LogP contribution in [0.15, 0.2) is 32.3 Å². The van der Waals surface area contributed by atoms with Crippen molar-refractivity contribution in [2.24, 2.45) is 0 Å². The first-order valence-electron chi connectivity index (χ1n) is 5.66. The van der Waals surface area contributed by atoms with Gasteiger partial charge in [-0.3, -0.25) is 4.72 Å². The summed E-state index contributed by atoms with van der Waals surface area (Å²) in [6, 6.07) is 7.36. The lowest BCUT2D eigenvalue weighted by molar-refractivity contribution is 0.603. The number of para-hydroxylation sites is 1. The molecule has 1 heterocycles. The Balaban J connectivity index is 2.42. The van der Waals surface area contributed by atoms with Gasteiger partial charge in [-0.05, 0) is 59.5 Å². The van der Waals surface area contributed by atoms with Gasteiger partial charge in [0.1, 0.15) is 4.21 Å². The smallest absolute Gasteiger partial charge is 0.271 e. The summed E-state index contributed by atoms with van der Waals surface area (Å²) in [6.07, 6.45) is 0. The van der Waals surface area contributed by atoms with E-state index in [0.717, 1.165) is 20.5 Å². The number of rotatable bonds is 3. The van der Waals surface area contributed by atoms with Crippen molar-refractivity contribution in [3.05, 3.63) is 44.7 Å². The van der Waals surface area contributed by atoms with E-state index in [1.165, 1.54) is 11.3 Å². The number of halogens is 1. The van der Waals surface area contributed by atoms with Crippen LogP contribution in [0.4, 0.5) is 5.69 Å². The van der Waals surface area contributed by atoms with Gasteiger partial charge in [0.2, 0.25) is 0 Å². The highest BCUT2D eigenvalue weighted by Crippen LogP contribution is 2.32. The van der Waals surface area contributed by atoms with Gasteiger partial charge in [-0.1, -0.05) is 18.2 Å². The maximum absolute atomic E-state index is 12.4. The van der Waals surface area contributed by atoms with E-state index in [1.54, 1.807) is 6.07 Å². The van der Waals surface area contributed by atoms with Crippen LogP contribution in [0.2, 0.25) is 0 Å². The fourth-order valence-corrected chi connectivity index (χ4v) is 5.15. The molecule has 2 rings (SSSR count). The molecule has 0 saturated carbocycles. The van der Waals surface area contributed by atoms with Gasteiger partial charge < -0.3 is 0 Å². The summed E-state index contributed by atoms with van der Waals surface area (Å²) in [6.45, 7) is 5.65. The summed E-state index contributed by atoms with van der Waals surface area (Å²) < 4.78 is 28.5. The van der Waals surface area contributed by atoms with Gasteiger partial charge in [-0.15, -0.1) is 11.3 Å². The molecule has 1 N–H and O–H groups in total. The van der Waals surface area contributed by atoms with Crippen LogP contribution in [-0.4, -0.2) is 8.42 Å². The molecule has 2 aromatic rings. The molecule has 0 atom stereocenters. The number of hydrogen-bond acceptors (Lipinski definition) is 3. The maximum Gasteiger partial charge on any atom is 0.271 e. The SMILES string of the molecule is Cc1cc(S(=O)(=O)Nc2c(C)cccc2C)sc1Br. The Morgan fingerprint density at radius 2 is 1.68 bits per heavy atom. The molecule has 0 radical (unpaired) electrons. The van der Waals surface area contributed by atoms with Crippen LogP contribution in [0.1, 0.15) is 16.7 Å². The number of thiophene rings is 1. The normalized spacial score (nSPS) is 11.6. The van der Waals surface area contributed by atoms with Gasteiger partial charge in [-0.2, -0.15) is 0 Å². The minimum Gasteiger partial charge on any atom is -0.278 e. The first-order chi connectivity index (χ1) is 8.81. The number of anilines is 1. The minimum absolute atomic E-state index is 0.319. The molecular weight excluding hydrogens is 346 g/mol. The quantitative estimate of drug-likeness (QED) is 0.890. The van der Waals surface area contributed by atoms with Crippen LogP contribution >= 0.6 is 27.3 Å². The highest BCUT2D eigenvalue weighted by Gasteiger charge is 2.19. The van der Waals surface area contributed by atoms with Crippen LogP contribution in [0.25, 0.3) is 0 Å². The average Bonchev–Trinajstić information content (AvgIpc) is 2.66. The molecule has 3 nitrogen and oxygen atoms in total. The van der Waals surface area contributed by atoms with Crippen molar-refractivity contribution in [3.8, 4) is 0 Å². The topological polar surface area (TPSA) is 46.2 Å². The molecule has 0 aliphatic carbocycles. The zero-order valence-corrected chi connectivity index (χ0v) is 14.0. The van der Waals surface area contributed by atoms with E-state index in [2.05, 4.69) is 20.7 Å². The third-order valence-electron chi connectivity index (χ3n) is 2.82. The molecule has 0 fully saturated rings. The largest absolute Gasteiger partial charge is 0.278 e. The fourth-order valence-electron chi connectivity index (χ4n) is 1.72. The Bertz CT molecular complexity index is 680. The predicted octanol–water partition coefficient (Wildman–Crippen LogP) is 4.24. The van der Waals surface area contributed by atoms with E-state index >= 15 is 0 Å². The molecule has 19 heavy (non-hydrogen) atoms. The fraction of sp³-hybridized carbons (Fsp3) is 0.231. The monoisotopic (exact) mass is 359 g/mol. The second kappa shape index (κ2) is 5.26. The molecular formula is C13H14BrNO2S2. The van der Waals surface area contributed by atoms with E-state index in [1.807, 2.05) is 39.0 Å². The second-order valence-corrected chi connectivity index (χ2v) is 8.67. The molecule has 0 bridgehead atoms. The molecule has 1 aromatic carbocycles. The Kier molecular flexibility index (Phi) is 4.03. The van der Waals surface area contributed by atoms with Crippen LogP contribution in [0.5, 0.6) is 0 Å². The van der Waals surface area contributed by atoms with Gasteiger partial charge >= 0.3 is 0 Å². The molecule has 0 saturated heterocycles. The van der Waals surface area contributed by atoms with Crippen molar-refractivity contribution in [1.82, 2.24) is 0 Å². The number of sulfonamides is 1. The van der Waals surface area contributed by atoms with E-state index in [-0.39, 0.29) is 0 Å². The summed E-state index contributed by atoms with van der Waals surface area (Å²) in [5, 5.41) is 0. The lowest BCUT2D eigenvalue weighted by Crippen LogP contribution is -2.13. The molecule has 0 aliphatic heterocycles. The number of hydrogen-bond donors (Lipinski definition) is 1. The summed E-state index contributed by atoms with van der Waals surface area (Å²) in [4.78, 5) is 0. The third-order valence-corrected chi connectivity index (χ3v) is 6.78. The van der Waals surface area contributed by atoms with Crippen LogP contribution in [0, 0.1) is 20.8 Å². The van der Waals surface area contributed by atoms with E-state index in [9.17, 15) is 8.42 Å². The molecule has 6 heteroatoms. The lowest BCUT2D eigenvalue weighted by atomic mass is 10.1. The Labute approximate surface area is 125 Å². The second-order valence-electron chi connectivity index (χ2n) is 4.39. The van der Waals surface area contributed by atoms with Crippen molar-refractivity contribution in [3.63, 3.8) is 0 Å². The summed E-state index contributed by atoms with van der Waals surface area (Å²) in [5.41, 5.74) is 3.41. The summed E-state index contributed by atoms with van der Waals surface area (Å²) in [5.74, 6) is 0. The number of aryl methyl sites for hydroxylation is 3. The molecule has 1 aromatic heterocycles. The zero-order chi connectivity index (χ0) is 14.2. The average molecular weight is 360 g/mol. The van der Waals surface area contributed by atoms with Gasteiger partial charge in [0.05, 0.1) is 9.47 Å². The molecule has 102 valence electrons. The van der Waals surface area contributed by atoms with Crippen molar-refractivity contribution in [1.29, 1.82) is 0 Å². The van der Waals surface area contributed by atoms with Gasteiger partial charge in [-0.25, -0.2) is 8.42 Å². The highest BCUT2D eigenvalue weighted by atomic mass is 79.9. The predicted molar refractivity (Wildman–Crippen MR) is 83.5 cm³/mol. The van der Waals surface area contributed by atoms with Crippen LogP contribution in [0.3, 0.4) is 0 Å². The number of nitrogens with one attached hydrogen (secondary N) is 1. The first kappa shape index (κ1) is 14.6. The van der Waals surface area contributed by atoms with E-state index in [4.69, 9.17) is 0 Å².